The molecule has 0 bridgehead atoms. The number of ether oxygens (including phenoxy) is 1. The number of anilines is 1. The number of nitrogens with zero attached hydrogens (tertiary/aromatic N) is 3. The highest BCUT2D eigenvalue weighted by atomic mass is 16.5. The van der Waals surface area contributed by atoms with Crippen LogP contribution < -0.4 is 15.8 Å². The van der Waals surface area contributed by atoms with Gasteiger partial charge in [-0.2, -0.15) is 5.10 Å². The van der Waals surface area contributed by atoms with E-state index in [1.165, 1.54) is 16.8 Å². The van der Waals surface area contributed by atoms with Crippen LogP contribution in [0.25, 0.3) is 0 Å². The van der Waals surface area contributed by atoms with Crippen molar-refractivity contribution in [2.45, 2.75) is 19.5 Å². The van der Waals surface area contributed by atoms with E-state index in [1.807, 2.05) is 44.3 Å². The van der Waals surface area contributed by atoms with E-state index in [0.717, 1.165) is 5.69 Å². The fraction of sp³-hybridized carbons (Fsp3) is 0.389. The highest BCUT2D eigenvalue weighted by molar-refractivity contribution is 5.92. The lowest BCUT2D eigenvalue weighted by molar-refractivity contribution is 0.0943. The molecule has 1 aromatic heterocycles. The number of nitrogens with one attached hydrogen (secondary N) is 1. The third-order valence-corrected chi connectivity index (χ3v) is 3.99. The van der Waals surface area contributed by atoms with Gasteiger partial charge in [0.25, 0.3) is 11.5 Å². The summed E-state index contributed by atoms with van der Waals surface area (Å²) in [5, 5.41) is 6.95. The number of para-hydroxylation sites is 1. The predicted molar refractivity (Wildman–Crippen MR) is 97.0 cm³/mol. The molecule has 0 unspecified atom stereocenters. The van der Waals surface area contributed by atoms with Crippen LogP contribution in [0.1, 0.15) is 17.4 Å². The highest BCUT2D eigenvalue weighted by Crippen LogP contribution is 2.13. The van der Waals surface area contributed by atoms with Crippen molar-refractivity contribution in [3.8, 4) is 0 Å². The largest absolute Gasteiger partial charge is 0.383 e. The van der Waals surface area contributed by atoms with Crippen LogP contribution in [0.5, 0.6) is 0 Å². The van der Waals surface area contributed by atoms with Crippen LogP contribution in [-0.4, -0.2) is 49.0 Å². The average molecular weight is 344 g/mol. The molecule has 1 amide bonds. The Labute approximate surface area is 147 Å². The summed E-state index contributed by atoms with van der Waals surface area (Å²) in [6.07, 6.45) is 0. The SMILES string of the molecule is COCCn1nc(C(=O)NC[C@@H](C)N(C)c2ccccc2)ccc1=O. The molecule has 0 aliphatic carbocycles. The van der Waals surface area contributed by atoms with Crippen LogP contribution in [0.15, 0.2) is 47.3 Å². The van der Waals surface area contributed by atoms with Crippen LogP contribution >= 0.6 is 0 Å². The van der Waals surface area contributed by atoms with E-state index >= 15 is 0 Å². The van der Waals surface area contributed by atoms with Crippen molar-refractivity contribution < 1.29 is 9.53 Å². The number of likely N-dealkylation sites (N-methyl/N-ethyl adjacent to an activating group) is 1. The third-order valence-electron chi connectivity index (χ3n) is 3.99. The van der Waals surface area contributed by atoms with E-state index in [4.69, 9.17) is 4.74 Å². The van der Waals surface area contributed by atoms with Gasteiger partial charge in [-0.1, -0.05) is 18.2 Å². The zero-order valence-corrected chi connectivity index (χ0v) is 14.8. The molecule has 1 aromatic carbocycles. The van der Waals surface area contributed by atoms with Gasteiger partial charge in [-0.25, -0.2) is 4.68 Å². The van der Waals surface area contributed by atoms with Crippen molar-refractivity contribution >= 4 is 11.6 Å². The Morgan fingerprint density at radius 1 is 1.28 bits per heavy atom. The number of rotatable bonds is 8. The van der Waals surface area contributed by atoms with E-state index in [1.54, 1.807) is 7.11 Å². The van der Waals surface area contributed by atoms with Gasteiger partial charge in [-0.05, 0) is 25.1 Å². The fourth-order valence-electron chi connectivity index (χ4n) is 2.29. The molecule has 0 radical (unpaired) electrons. The Morgan fingerprint density at radius 2 is 2.00 bits per heavy atom. The van der Waals surface area contributed by atoms with Gasteiger partial charge in [0.15, 0.2) is 0 Å². The molecule has 0 aliphatic heterocycles. The lowest BCUT2D eigenvalue weighted by Crippen LogP contribution is -2.41. The normalized spacial score (nSPS) is 11.8. The molecule has 0 aliphatic rings. The number of carbonyl (C=O) groups excluding carboxylic acids is 1. The number of aromatic nitrogens is 2. The second-order valence-electron chi connectivity index (χ2n) is 5.78. The molecule has 7 nitrogen and oxygen atoms in total. The molecule has 1 heterocycles. The number of hydrogen-bond donors (Lipinski definition) is 1. The summed E-state index contributed by atoms with van der Waals surface area (Å²) < 4.78 is 6.18. The van der Waals surface area contributed by atoms with E-state index in [-0.39, 0.29) is 23.2 Å². The zero-order chi connectivity index (χ0) is 18.2. The van der Waals surface area contributed by atoms with E-state index < -0.39 is 0 Å². The molecule has 7 heteroatoms. The summed E-state index contributed by atoms with van der Waals surface area (Å²) in [4.78, 5) is 26.1. The summed E-state index contributed by atoms with van der Waals surface area (Å²) in [6, 6.07) is 12.8. The second kappa shape index (κ2) is 8.98. The number of carbonyl (C=O) groups is 1. The van der Waals surface area contributed by atoms with Crippen LogP contribution in [-0.2, 0) is 11.3 Å². The Balaban J connectivity index is 1.96. The monoisotopic (exact) mass is 344 g/mol. The minimum atomic E-state index is -0.306. The molecule has 0 fully saturated rings. The first kappa shape index (κ1) is 18.7. The Kier molecular flexibility index (Phi) is 6.71. The van der Waals surface area contributed by atoms with E-state index in [2.05, 4.69) is 15.3 Å². The minimum Gasteiger partial charge on any atom is -0.383 e. The lowest BCUT2D eigenvalue weighted by Gasteiger charge is -2.27. The third kappa shape index (κ3) is 5.15. The number of methoxy groups -OCH3 is 1. The fourth-order valence-corrected chi connectivity index (χ4v) is 2.29. The Hall–Kier alpha value is -2.67. The van der Waals surface area contributed by atoms with E-state index in [0.29, 0.717) is 19.7 Å². The molecule has 25 heavy (non-hydrogen) atoms. The summed E-state index contributed by atoms with van der Waals surface area (Å²) in [5.74, 6) is -0.306. The predicted octanol–water partition coefficient (Wildman–Crippen LogP) is 1.14. The molecule has 0 saturated heterocycles. The topological polar surface area (TPSA) is 76.5 Å². The van der Waals surface area contributed by atoms with Crippen LogP contribution in [0.4, 0.5) is 5.69 Å². The first-order valence-corrected chi connectivity index (χ1v) is 8.16. The summed E-state index contributed by atoms with van der Waals surface area (Å²) in [5.41, 5.74) is 1.03. The molecule has 134 valence electrons. The minimum absolute atomic E-state index is 0.103. The lowest BCUT2D eigenvalue weighted by atomic mass is 10.2. The van der Waals surface area contributed by atoms with Gasteiger partial charge in [-0.15, -0.1) is 0 Å². The first-order valence-electron chi connectivity index (χ1n) is 8.16. The van der Waals surface area contributed by atoms with Crippen molar-refractivity contribution in [2.24, 2.45) is 0 Å². The maximum atomic E-state index is 12.3. The zero-order valence-electron chi connectivity index (χ0n) is 14.8. The van der Waals surface area contributed by atoms with Crippen molar-refractivity contribution in [3.05, 3.63) is 58.5 Å². The Morgan fingerprint density at radius 3 is 2.68 bits per heavy atom. The van der Waals surface area contributed by atoms with Gasteiger partial charge < -0.3 is 15.0 Å². The average Bonchev–Trinajstić information content (AvgIpc) is 2.65. The van der Waals surface area contributed by atoms with Gasteiger partial charge >= 0.3 is 0 Å². The molecule has 2 aromatic rings. The molecule has 1 N–H and O–H groups in total. The molecular formula is C18H24N4O3. The second-order valence-corrected chi connectivity index (χ2v) is 5.78. The number of benzene rings is 1. The van der Waals surface area contributed by atoms with Crippen molar-refractivity contribution in [3.63, 3.8) is 0 Å². The maximum absolute atomic E-state index is 12.3. The van der Waals surface area contributed by atoms with Gasteiger partial charge in [0.2, 0.25) is 0 Å². The van der Waals surface area contributed by atoms with Crippen molar-refractivity contribution in [1.29, 1.82) is 0 Å². The first-order chi connectivity index (χ1) is 12.0. The molecule has 1 atom stereocenters. The summed E-state index contributed by atoms with van der Waals surface area (Å²) in [6.45, 7) is 3.16. The van der Waals surface area contributed by atoms with Crippen LogP contribution in [0.2, 0.25) is 0 Å². The number of amides is 1. The quantitative estimate of drug-likeness (QED) is 0.777. The van der Waals surface area contributed by atoms with E-state index in [9.17, 15) is 9.59 Å². The van der Waals surface area contributed by atoms with Gasteiger partial charge in [-0.3, -0.25) is 9.59 Å². The summed E-state index contributed by atoms with van der Waals surface area (Å²) in [7, 11) is 3.53. The van der Waals surface area contributed by atoms with Gasteiger partial charge in [0.1, 0.15) is 5.69 Å². The molecule has 2 rings (SSSR count). The summed E-state index contributed by atoms with van der Waals surface area (Å²) >= 11 is 0. The molecule has 0 saturated carbocycles. The van der Waals surface area contributed by atoms with Gasteiger partial charge in [0.05, 0.1) is 13.2 Å². The molecule has 0 spiro atoms. The van der Waals surface area contributed by atoms with Crippen LogP contribution in [0.3, 0.4) is 0 Å². The number of hydrogen-bond acceptors (Lipinski definition) is 5. The highest BCUT2D eigenvalue weighted by Gasteiger charge is 2.14. The smallest absolute Gasteiger partial charge is 0.271 e. The van der Waals surface area contributed by atoms with Crippen molar-refractivity contribution in [2.75, 3.05) is 32.2 Å². The standard InChI is InChI=1S/C18H24N4O3/c1-14(21(2)15-7-5-4-6-8-15)13-19-18(24)16-9-10-17(23)22(20-16)11-12-25-3/h4-10,14H,11-13H2,1-3H3,(H,19,24)/t14-/m1/s1. The van der Waals surface area contributed by atoms with Crippen molar-refractivity contribution in [1.82, 2.24) is 15.1 Å². The van der Waals surface area contributed by atoms with Gasteiger partial charge in [0, 0.05) is 38.5 Å². The Bertz CT molecular complexity index is 745. The molecular weight excluding hydrogens is 320 g/mol. The van der Waals surface area contributed by atoms with Crippen LogP contribution in [0, 0.1) is 0 Å². The maximum Gasteiger partial charge on any atom is 0.271 e.